The number of nitrogens with zero attached hydrogens (tertiary/aromatic N) is 1. The Kier molecular flexibility index (Phi) is 7.78. The van der Waals surface area contributed by atoms with Crippen molar-refractivity contribution >= 4 is 38.6 Å². The highest BCUT2D eigenvalue weighted by atomic mass is 35.5. The zero-order valence-electron chi connectivity index (χ0n) is 19.8. The fourth-order valence-corrected chi connectivity index (χ4v) is 5.60. The Labute approximate surface area is 214 Å². The van der Waals surface area contributed by atoms with E-state index in [9.17, 15) is 17.6 Å². The van der Waals surface area contributed by atoms with Crippen molar-refractivity contribution in [2.45, 2.75) is 31.7 Å². The molecule has 0 aliphatic carbocycles. The Morgan fingerprint density at radius 1 is 1.08 bits per heavy atom. The number of rotatable bonds is 9. The minimum atomic E-state index is -4.08. The van der Waals surface area contributed by atoms with Gasteiger partial charge in [0, 0.05) is 34.6 Å². The Morgan fingerprint density at radius 2 is 1.83 bits per heavy atom. The molecule has 6 nitrogen and oxygen atoms in total. The fourth-order valence-electron chi connectivity index (χ4n) is 3.94. The van der Waals surface area contributed by atoms with Crippen LogP contribution in [-0.4, -0.2) is 31.8 Å². The van der Waals surface area contributed by atoms with E-state index in [0.29, 0.717) is 23.0 Å². The number of sulfonamides is 1. The minimum absolute atomic E-state index is 0.00478. The van der Waals surface area contributed by atoms with Crippen molar-refractivity contribution < 1.29 is 26.8 Å². The zero-order chi connectivity index (χ0) is 25.9. The summed E-state index contributed by atoms with van der Waals surface area (Å²) < 4.78 is 54.1. The predicted molar refractivity (Wildman–Crippen MR) is 136 cm³/mol. The largest absolute Gasteiger partial charge is 0.460 e. The summed E-state index contributed by atoms with van der Waals surface area (Å²) in [6.07, 6.45) is 0.423. The zero-order valence-corrected chi connectivity index (χ0v) is 21.4. The predicted octanol–water partition coefficient (Wildman–Crippen LogP) is 6.14. The number of benzene rings is 3. The lowest BCUT2D eigenvalue weighted by Gasteiger charge is -2.23. The molecule has 0 saturated heterocycles. The van der Waals surface area contributed by atoms with Crippen LogP contribution in [0.15, 0.2) is 76.0 Å². The van der Waals surface area contributed by atoms with Crippen LogP contribution in [-0.2, 0) is 27.7 Å². The molecule has 0 saturated carbocycles. The molecule has 0 amide bonds. The van der Waals surface area contributed by atoms with Gasteiger partial charge in [-0.2, -0.15) is 4.31 Å². The van der Waals surface area contributed by atoms with Crippen LogP contribution in [0.1, 0.15) is 34.2 Å². The lowest BCUT2D eigenvalue weighted by molar-refractivity contribution is 0.0491. The molecule has 4 aromatic rings. The molecule has 0 fully saturated rings. The lowest BCUT2D eigenvalue weighted by Crippen LogP contribution is -2.33. The van der Waals surface area contributed by atoms with Gasteiger partial charge < -0.3 is 9.15 Å². The highest BCUT2D eigenvalue weighted by Crippen LogP contribution is 2.31. The molecule has 0 unspecified atom stereocenters. The summed E-state index contributed by atoms with van der Waals surface area (Å²) in [5.41, 5.74) is 1.88. The molecule has 0 radical (unpaired) electrons. The second-order valence-corrected chi connectivity index (χ2v) is 10.6. The maximum Gasteiger partial charge on any atom is 0.374 e. The lowest BCUT2D eigenvalue weighted by atomic mass is 10.1. The van der Waals surface area contributed by atoms with E-state index in [-0.39, 0.29) is 40.9 Å². The number of furan rings is 1. The molecule has 36 heavy (non-hydrogen) atoms. The smallest absolute Gasteiger partial charge is 0.374 e. The van der Waals surface area contributed by atoms with Crippen LogP contribution in [0.5, 0.6) is 0 Å². The first-order valence-electron chi connectivity index (χ1n) is 11.4. The Morgan fingerprint density at radius 3 is 2.53 bits per heavy atom. The second-order valence-electron chi connectivity index (χ2n) is 8.21. The minimum Gasteiger partial charge on any atom is -0.460 e. The van der Waals surface area contributed by atoms with Gasteiger partial charge in [0.15, 0.2) is 0 Å². The number of esters is 1. The van der Waals surface area contributed by atoms with Gasteiger partial charge in [0.05, 0.1) is 11.5 Å². The van der Waals surface area contributed by atoms with E-state index in [4.69, 9.17) is 20.8 Å². The van der Waals surface area contributed by atoms with Crippen LogP contribution in [0.25, 0.3) is 11.0 Å². The van der Waals surface area contributed by atoms with Gasteiger partial charge in [-0.25, -0.2) is 17.6 Å². The van der Waals surface area contributed by atoms with E-state index in [1.54, 1.807) is 13.8 Å². The molecule has 1 aromatic heterocycles. The number of ether oxygens (including phenoxy) is 1. The number of carbonyl (C=O) groups excluding carboxylic acids is 1. The second kappa shape index (κ2) is 10.8. The summed E-state index contributed by atoms with van der Waals surface area (Å²) in [5, 5.41) is 0.626. The van der Waals surface area contributed by atoms with Crippen molar-refractivity contribution in [2.75, 3.05) is 13.2 Å². The molecule has 3 aromatic carbocycles. The van der Waals surface area contributed by atoms with Crippen LogP contribution in [0.3, 0.4) is 0 Å². The van der Waals surface area contributed by atoms with E-state index in [1.165, 1.54) is 40.7 Å². The number of fused-ring (bicyclic) bond motifs is 1. The van der Waals surface area contributed by atoms with Gasteiger partial charge >= 0.3 is 5.97 Å². The van der Waals surface area contributed by atoms with Gasteiger partial charge in [-0.15, -0.1) is 0 Å². The van der Waals surface area contributed by atoms with Crippen molar-refractivity contribution in [1.29, 1.82) is 0 Å². The summed E-state index contributed by atoms with van der Waals surface area (Å²) >= 11 is 6.23. The summed E-state index contributed by atoms with van der Waals surface area (Å²) in [7, 11) is -4.08. The van der Waals surface area contributed by atoms with Crippen LogP contribution in [0, 0.1) is 12.7 Å². The number of hydrogen-bond donors (Lipinski definition) is 0. The van der Waals surface area contributed by atoms with Gasteiger partial charge in [-0.1, -0.05) is 48.0 Å². The summed E-state index contributed by atoms with van der Waals surface area (Å²) in [5.74, 6) is -1.17. The normalized spacial score (nSPS) is 11.8. The van der Waals surface area contributed by atoms with Gasteiger partial charge in [-0.3, -0.25) is 0 Å². The van der Waals surface area contributed by atoms with E-state index < -0.39 is 21.8 Å². The molecule has 4 rings (SSSR count). The van der Waals surface area contributed by atoms with Crippen LogP contribution < -0.4 is 0 Å². The maximum atomic E-state index is 14.6. The Bertz CT molecular complexity index is 1480. The Hall–Kier alpha value is -3.20. The molecule has 0 spiro atoms. The molecular weight excluding hydrogens is 505 g/mol. The van der Waals surface area contributed by atoms with E-state index in [0.717, 1.165) is 5.56 Å². The van der Waals surface area contributed by atoms with Crippen molar-refractivity contribution in [1.82, 2.24) is 4.31 Å². The van der Waals surface area contributed by atoms with Gasteiger partial charge in [0.1, 0.15) is 11.4 Å². The molecule has 9 heteroatoms. The molecule has 1 heterocycles. The molecule has 188 valence electrons. The molecular formula is C27H25ClFNO5S. The molecule has 0 bridgehead atoms. The highest BCUT2D eigenvalue weighted by molar-refractivity contribution is 7.89. The number of aryl methyl sites for hydroxylation is 1. The van der Waals surface area contributed by atoms with E-state index in [2.05, 4.69) is 0 Å². The van der Waals surface area contributed by atoms with Crippen LogP contribution in [0.2, 0.25) is 5.02 Å². The molecule has 0 aliphatic rings. The fraction of sp³-hybridized carbons (Fsp3) is 0.222. The molecule has 0 aliphatic heterocycles. The third-order valence-corrected chi connectivity index (χ3v) is 8.09. The number of carbonyl (C=O) groups is 1. The summed E-state index contributed by atoms with van der Waals surface area (Å²) in [6.45, 7) is 3.40. The van der Waals surface area contributed by atoms with Crippen molar-refractivity contribution in [2.24, 2.45) is 0 Å². The van der Waals surface area contributed by atoms with Crippen molar-refractivity contribution in [3.8, 4) is 0 Å². The van der Waals surface area contributed by atoms with Crippen LogP contribution in [0.4, 0.5) is 4.39 Å². The SMILES string of the molecule is CCOC(=O)c1oc2ccc(S(=O)(=O)N(CCc3ccccc3)Cc3c(F)cccc3Cl)cc2c1C. The quantitative estimate of drug-likeness (QED) is 0.243. The van der Waals surface area contributed by atoms with E-state index >= 15 is 0 Å². The average Bonchev–Trinajstić information content (AvgIpc) is 3.20. The highest BCUT2D eigenvalue weighted by Gasteiger charge is 2.28. The standard InChI is InChI=1S/C27H25ClFNO5S/c1-3-34-27(31)26-18(2)21-16-20(12-13-25(21)35-26)36(32,33)30(15-14-19-8-5-4-6-9-19)17-22-23(28)10-7-11-24(22)29/h4-13,16H,3,14-15,17H2,1-2H3. The van der Waals surface area contributed by atoms with Crippen molar-refractivity contribution in [3.63, 3.8) is 0 Å². The molecule has 0 atom stereocenters. The third-order valence-electron chi connectivity index (χ3n) is 5.90. The summed E-state index contributed by atoms with van der Waals surface area (Å²) in [6, 6.07) is 18.1. The molecule has 0 N–H and O–H groups in total. The van der Waals surface area contributed by atoms with Gasteiger partial charge in [0.2, 0.25) is 15.8 Å². The number of hydrogen-bond acceptors (Lipinski definition) is 5. The van der Waals surface area contributed by atoms with Gasteiger partial charge in [-0.05, 0) is 56.2 Å². The van der Waals surface area contributed by atoms with Crippen molar-refractivity contribution in [3.05, 3.63) is 100 Å². The van der Waals surface area contributed by atoms with Gasteiger partial charge in [0.25, 0.3) is 0 Å². The van der Waals surface area contributed by atoms with Crippen LogP contribution >= 0.6 is 11.6 Å². The first-order chi connectivity index (χ1) is 17.2. The summed E-state index contributed by atoms with van der Waals surface area (Å²) in [4.78, 5) is 12.2. The third kappa shape index (κ3) is 5.31. The van der Waals surface area contributed by atoms with E-state index in [1.807, 2.05) is 30.3 Å². The monoisotopic (exact) mass is 529 g/mol. The maximum absolute atomic E-state index is 14.6. The average molecular weight is 530 g/mol. The first kappa shape index (κ1) is 25.9. The number of halogens is 2. The topological polar surface area (TPSA) is 76.8 Å². The Balaban J connectivity index is 1.73. The first-order valence-corrected chi connectivity index (χ1v) is 13.2.